The molecule has 0 aliphatic rings. The Morgan fingerprint density at radius 2 is 0.856 bits per heavy atom. The summed E-state index contributed by atoms with van der Waals surface area (Å²) >= 11 is 4.62. The number of imidazole rings is 1. The molecule has 0 N–H and O–H groups in total. The molecule has 0 radical (unpaired) electrons. The summed E-state index contributed by atoms with van der Waals surface area (Å²) in [4.78, 5) is 5.54. The summed E-state index contributed by atoms with van der Waals surface area (Å²) in [5, 5.41) is 27.3. The summed E-state index contributed by atoms with van der Waals surface area (Å²) < 4.78 is 33.8. The Morgan fingerprint density at radius 3 is 1.03 bits per heavy atom. The van der Waals surface area contributed by atoms with Crippen LogP contribution in [-0.2, 0) is 28.2 Å². The quantitative estimate of drug-likeness (QED) is 0.126. The number of aromatic nitrogens is 14. The summed E-state index contributed by atoms with van der Waals surface area (Å²) in [6.07, 6.45) is 24.1. The third kappa shape index (κ3) is 67.3. The minimum atomic E-state index is 0.456. The molecule has 10 rings (SSSR count). The van der Waals surface area contributed by atoms with E-state index in [1.807, 2.05) is 265 Å². The Labute approximate surface area is 653 Å². The predicted octanol–water partition coefficient (Wildman–Crippen LogP) is 28.6. The topological polar surface area (TPSA) is 188 Å². The van der Waals surface area contributed by atoms with Crippen molar-refractivity contribution in [2.75, 3.05) is 0 Å². The van der Waals surface area contributed by atoms with Gasteiger partial charge in [-0.05, 0) is 117 Å². The molecule has 10 aromatic rings. The first kappa shape index (κ1) is 118. The van der Waals surface area contributed by atoms with E-state index in [0.717, 1.165) is 28.5 Å². The molecule has 10 heterocycles. The third-order valence-corrected chi connectivity index (χ3v) is 14.1. The Morgan fingerprint density at radius 1 is 0.375 bits per heavy atom. The van der Waals surface area contributed by atoms with Crippen LogP contribution in [0.15, 0.2) is 135 Å². The van der Waals surface area contributed by atoms with Gasteiger partial charge in [0.05, 0.1) is 41.9 Å². The smallest absolute Gasteiger partial charge is 0.139 e. The second-order valence-electron chi connectivity index (χ2n) is 22.8. The molecule has 0 aliphatic heterocycles. The van der Waals surface area contributed by atoms with Gasteiger partial charge in [0, 0.05) is 117 Å². The maximum atomic E-state index is 4.84. The molecule has 0 bridgehead atoms. The predicted molar refractivity (Wildman–Crippen MR) is 463 cm³/mol. The zero-order chi connectivity index (χ0) is 83.3. The zero-order valence-electron chi connectivity index (χ0n) is 75.0. The van der Waals surface area contributed by atoms with Crippen molar-refractivity contribution in [1.29, 1.82) is 0 Å². The third-order valence-electron chi connectivity index (χ3n) is 11.9. The van der Waals surface area contributed by atoms with Gasteiger partial charge in [0.25, 0.3) is 0 Å². The Bertz CT molecular complexity index is 2580. The first-order chi connectivity index (χ1) is 49.6. The van der Waals surface area contributed by atoms with E-state index in [2.05, 4.69) is 214 Å². The second kappa shape index (κ2) is 85.3. The van der Waals surface area contributed by atoms with Crippen LogP contribution >= 0.6 is 34.6 Å². The molecule has 20 heteroatoms. The molecule has 0 spiro atoms. The maximum Gasteiger partial charge on any atom is 0.139 e. The minimum Gasteiger partial charge on any atom is -0.365 e. The molecule has 10 aromatic heterocycles. The van der Waals surface area contributed by atoms with E-state index in [0.29, 0.717) is 59.2 Å². The van der Waals surface area contributed by atoms with Crippen molar-refractivity contribution in [3.05, 3.63) is 178 Å². The monoisotopic (exact) mass is 1510 g/mol. The highest BCUT2D eigenvalue weighted by molar-refractivity contribution is 7.05. The lowest BCUT2D eigenvalue weighted by molar-refractivity contribution is 0.371. The molecule has 0 amide bonds. The largest absolute Gasteiger partial charge is 0.365 e. The fourth-order valence-corrected chi connectivity index (χ4v) is 8.16. The average molecular weight is 1510 g/mol. The molecule has 0 saturated heterocycles. The standard InChI is InChI=1S/4C7H12N2.3C6H9NO.3C6H9NS.10C2H6/c2*1-6(2)7-4-8-9(3)5-7;1-6(2)7-8-4-5-9(7)3;1-6(2)7-4-5-9(3)8-7;1-5(2)6-3-7-8-4-6;1-5(2)6-3-4-8-7-6;1-5(2)6-3-4-7-8-6;1-5(2)6-3-7-8-4-6;1-5(2)6-3-4-8-7-6;1-5(2)6-3-4-7-8-6;10*1-2/h4*4-6H,1-3H3;6*3-5H,1-2H3;10*1-2H3. The summed E-state index contributed by atoms with van der Waals surface area (Å²) in [6, 6.07) is 9.94. The van der Waals surface area contributed by atoms with Crippen LogP contribution in [0.25, 0.3) is 0 Å². The number of hydrogen-bond donors (Lipinski definition) is 0. The van der Waals surface area contributed by atoms with Crippen molar-refractivity contribution in [2.45, 2.75) is 336 Å². The van der Waals surface area contributed by atoms with Gasteiger partial charge >= 0.3 is 0 Å². The van der Waals surface area contributed by atoms with Crippen LogP contribution in [0, 0.1) is 0 Å². The van der Waals surface area contributed by atoms with Crippen LogP contribution in [0.2, 0.25) is 0 Å². The summed E-state index contributed by atoms with van der Waals surface area (Å²) in [6.45, 7) is 82.7. The SMILES string of the molecule is CC.CC.CC.CC.CC.CC.CC.CC.CC.CC.CC(C)c1ccn(C)n1.CC(C)c1ccno1.CC(C)c1ccns1.CC(C)c1ccon1.CC(C)c1ccsn1.CC(C)c1cnn(C)c1.CC(C)c1cnn(C)c1.CC(C)c1cnoc1.CC(C)c1cnsc1.CC(C)c1nccn1C. The fraction of sp³-hybridized carbons (Fsp3) is 0.643. The highest BCUT2D eigenvalue weighted by Gasteiger charge is 2.05. The lowest BCUT2D eigenvalue weighted by atomic mass is 10.1. The van der Waals surface area contributed by atoms with Crippen molar-refractivity contribution >= 4 is 34.6 Å². The second-order valence-corrected chi connectivity index (χ2v) is 25.0. The zero-order valence-corrected chi connectivity index (χ0v) is 77.5. The first-order valence-corrected chi connectivity index (χ1v) is 41.4. The molecular formula is C84H162N14O3S3. The van der Waals surface area contributed by atoms with Gasteiger partial charge in [-0.1, -0.05) is 292 Å². The van der Waals surface area contributed by atoms with E-state index >= 15 is 0 Å². The van der Waals surface area contributed by atoms with Gasteiger partial charge in [0.1, 0.15) is 24.1 Å². The van der Waals surface area contributed by atoms with Crippen molar-refractivity contribution in [3.63, 3.8) is 0 Å². The van der Waals surface area contributed by atoms with Crippen LogP contribution in [0.3, 0.4) is 0 Å². The van der Waals surface area contributed by atoms with Gasteiger partial charge in [-0.2, -0.15) is 19.7 Å². The molecule has 0 aliphatic carbocycles. The molecule has 0 saturated carbocycles. The van der Waals surface area contributed by atoms with Gasteiger partial charge < -0.3 is 18.1 Å². The molecule has 17 nitrogen and oxygen atoms in total. The van der Waals surface area contributed by atoms with Gasteiger partial charge in [-0.15, -0.1) is 0 Å². The minimum absolute atomic E-state index is 0.456. The van der Waals surface area contributed by atoms with Crippen LogP contribution in [-0.4, -0.2) is 67.5 Å². The van der Waals surface area contributed by atoms with E-state index in [1.54, 1.807) is 36.5 Å². The van der Waals surface area contributed by atoms with Crippen molar-refractivity contribution < 1.29 is 13.6 Å². The average Bonchev–Trinajstić information content (AvgIpc) is 1.79. The summed E-state index contributed by atoms with van der Waals surface area (Å²) in [7, 11) is 7.83. The van der Waals surface area contributed by atoms with Crippen molar-refractivity contribution in [2.24, 2.45) is 28.2 Å². The van der Waals surface area contributed by atoms with E-state index in [1.165, 1.54) is 50.3 Å². The van der Waals surface area contributed by atoms with Gasteiger partial charge in [0.2, 0.25) is 0 Å². The fourth-order valence-electron chi connectivity index (χ4n) is 6.23. The number of aryl methyl sites for hydroxylation is 4. The van der Waals surface area contributed by atoms with Crippen LogP contribution in [0.5, 0.6) is 0 Å². The highest BCUT2D eigenvalue weighted by Crippen LogP contribution is 2.18. The van der Waals surface area contributed by atoms with Gasteiger partial charge in [0.15, 0.2) is 0 Å². The number of rotatable bonds is 10. The molecule has 0 atom stereocenters. The number of hydrogen-bond acceptors (Lipinski definition) is 16. The molecular weight excluding hydrogens is 1350 g/mol. The van der Waals surface area contributed by atoms with Crippen LogP contribution in [0.4, 0.5) is 0 Å². The van der Waals surface area contributed by atoms with Gasteiger partial charge in [-0.25, -0.2) is 13.7 Å². The highest BCUT2D eigenvalue weighted by atomic mass is 32.1. The lowest BCUT2D eigenvalue weighted by Crippen LogP contribution is -1.98. The van der Waals surface area contributed by atoms with E-state index in [-0.39, 0.29) is 0 Å². The molecule has 0 fully saturated rings. The molecule has 0 unspecified atom stereocenters. The molecule has 104 heavy (non-hydrogen) atoms. The molecule has 604 valence electrons. The first-order valence-electron chi connectivity index (χ1n) is 39.0. The summed E-state index contributed by atoms with van der Waals surface area (Å²) in [5.41, 5.74) is 8.49. The lowest BCUT2D eigenvalue weighted by Gasteiger charge is -2.02. The molecule has 0 aromatic carbocycles. The Balaban J connectivity index is -0.000000115. The summed E-state index contributed by atoms with van der Waals surface area (Å²) in [5.74, 6) is 7.69. The van der Waals surface area contributed by atoms with Gasteiger partial charge in [-0.3, -0.25) is 14.0 Å². The van der Waals surface area contributed by atoms with Crippen molar-refractivity contribution in [3.8, 4) is 0 Å². The number of nitrogens with zero attached hydrogens (tertiary/aromatic N) is 14. The van der Waals surface area contributed by atoms with E-state index < -0.39 is 0 Å². The van der Waals surface area contributed by atoms with E-state index in [9.17, 15) is 0 Å². The van der Waals surface area contributed by atoms with Crippen LogP contribution in [0.1, 0.15) is 392 Å². The van der Waals surface area contributed by atoms with Crippen molar-refractivity contribution in [1.82, 2.24) is 67.5 Å². The van der Waals surface area contributed by atoms with E-state index in [4.69, 9.17) is 4.52 Å². The Hall–Kier alpha value is -6.64. The maximum absolute atomic E-state index is 4.84. The normalized spacial score (nSPS) is 9.06. The van der Waals surface area contributed by atoms with Crippen LogP contribution < -0.4 is 0 Å². The Kier molecular flexibility index (Phi) is 97.1.